The molecule has 2 aromatic rings. The van der Waals surface area contributed by atoms with Crippen LogP contribution in [0.3, 0.4) is 0 Å². The SMILES string of the molecule is CCC(C)(C)c1cc(C)cc(C(C)(C)c2cc(C)cc(C(C)(C)CC)c2)c1. The zero-order valence-electron chi connectivity index (χ0n) is 19.4. The lowest BCUT2D eigenvalue weighted by Crippen LogP contribution is -2.24. The fourth-order valence-corrected chi connectivity index (χ4v) is 3.64. The predicted octanol–water partition coefficient (Wildman–Crippen LogP) is 8.00. The summed E-state index contributed by atoms with van der Waals surface area (Å²) < 4.78 is 0. The summed E-state index contributed by atoms with van der Waals surface area (Å²) in [5.41, 5.74) is 8.87. The highest BCUT2D eigenvalue weighted by Gasteiger charge is 2.28. The summed E-state index contributed by atoms with van der Waals surface area (Å²) in [5, 5.41) is 0. The van der Waals surface area contributed by atoms with Crippen molar-refractivity contribution in [3.05, 3.63) is 69.8 Å². The van der Waals surface area contributed by atoms with E-state index in [2.05, 4.69) is 106 Å². The lowest BCUT2D eigenvalue weighted by atomic mass is 9.72. The van der Waals surface area contributed by atoms with E-state index in [9.17, 15) is 0 Å². The molecule has 0 amide bonds. The van der Waals surface area contributed by atoms with Crippen molar-refractivity contribution in [3.63, 3.8) is 0 Å². The molecule has 0 heteroatoms. The summed E-state index contributed by atoms with van der Waals surface area (Å²) in [6.07, 6.45) is 2.30. The van der Waals surface area contributed by atoms with Gasteiger partial charge in [0.1, 0.15) is 0 Å². The van der Waals surface area contributed by atoms with E-state index >= 15 is 0 Å². The van der Waals surface area contributed by atoms with E-state index < -0.39 is 0 Å². The van der Waals surface area contributed by atoms with E-state index in [1.165, 1.54) is 33.4 Å². The fraction of sp³-hybridized carbons (Fsp3) is 0.556. The minimum atomic E-state index is -0.0187. The minimum absolute atomic E-state index is 0.0187. The predicted molar refractivity (Wildman–Crippen MR) is 121 cm³/mol. The van der Waals surface area contributed by atoms with E-state index in [4.69, 9.17) is 0 Å². The Bertz CT molecular complexity index is 735. The maximum atomic E-state index is 2.45. The molecule has 2 aromatic carbocycles. The monoisotopic (exact) mass is 364 g/mol. The van der Waals surface area contributed by atoms with Crippen molar-refractivity contribution >= 4 is 0 Å². The lowest BCUT2D eigenvalue weighted by Gasteiger charge is -2.32. The maximum Gasteiger partial charge on any atom is 0.0146 e. The van der Waals surface area contributed by atoms with Crippen molar-refractivity contribution in [2.24, 2.45) is 0 Å². The largest absolute Gasteiger partial charge is 0.0646 e. The quantitative estimate of drug-likeness (QED) is 0.487. The first-order chi connectivity index (χ1) is 12.3. The molecular formula is C27H40. The Morgan fingerprint density at radius 2 is 0.815 bits per heavy atom. The molecule has 0 saturated heterocycles. The third-order valence-corrected chi connectivity index (χ3v) is 6.93. The van der Waals surface area contributed by atoms with E-state index in [-0.39, 0.29) is 16.2 Å². The topological polar surface area (TPSA) is 0 Å². The van der Waals surface area contributed by atoms with Gasteiger partial charge >= 0.3 is 0 Å². The molecule has 2 rings (SSSR count). The molecule has 0 spiro atoms. The molecule has 0 unspecified atom stereocenters. The molecule has 0 heterocycles. The average Bonchev–Trinajstić information content (AvgIpc) is 2.60. The number of hydrogen-bond donors (Lipinski definition) is 0. The molecule has 0 N–H and O–H groups in total. The molecule has 0 aliphatic heterocycles. The molecule has 0 aliphatic carbocycles. The smallest absolute Gasteiger partial charge is 0.0146 e. The number of benzene rings is 2. The van der Waals surface area contributed by atoms with Gasteiger partial charge in [-0.1, -0.05) is 103 Å². The molecule has 0 atom stereocenters. The van der Waals surface area contributed by atoms with Crippen molar-refractivity contribution in [1.82, 2.24) is 0 Å². The highest BCUT2D eigenvalue weighted by atomic mass is 14.3. The summed E-state index contributed by atoms with van der Waals surface area (Å²) in [6, 6.07) is 14.4. The van der Waals surface area contributed by atoms with Gasteiger partial charge in [0.25, 0.3) is 0 Å². The van der Waals surface area contributed by atoms with Crippen LogP contribution in [0.2, 0.25) is 0 Å². The Morgan fingerprint density at radius 3 is 1.11 bits per heavy atom. The van der Waals surface area contributed by atoms with Gasteiger partial charge in [0.15, 0.2) is 0 Å². The highest BCUT2D eigenvalue weighted by Crippen LogP contribution is 2.38. The van der Waals surface area contributed by atoms with Gasteiger partial charge in [0, 0.05) is 5.41 Å². The van der Waals surface area contributed by atoms with Crippen LogP contribution >= 0.6 is 0 Å². The molecule has 0 aromatic heterocycles. The van der Waals surface area contributed by atoms with Crippen LogP contribution in [0.4, 0.5) is 0 Å². The standard InChI is InChI=1S/C27H40/c1-11-25(5,6)21-13-19(3)15-23(17-21)27(9,10)24-16-20(4)14-22(18-24)26(7,8)12-2/h13-18H,11-12H2,1-10H3. The minimum Gasteiger partial charge on any atom is -0.0646 e. The molecule has 27 heavy (non-hydrogen) atoms. The second-order valence-electron chi connectivity index (χ2n) is 10.3. The summed E-state index contributed by atoms with van der Waals surface area (Å²) >= 11 is 0. The normalized spacial score (nSPS) is 13.1. The van der Waals surface area contributed by atoms with Crippen LogP contribution in [0.15, 0.2) is 36.4 Å². The Balaban J connectivity index is 2.63. The van der Waals surface area contributed by atoms with E-state index in [1.54, 1.807) is 0 Å². The molecule has 0 nitrogen and oxygen atoms in total. The Morgan fingerprint density at radius 1 is 0.519 bits per heavy atom. The highest BCUT2D eigenvalue weighted by molar-refractivity contribution is 5.46. The third kappa shape index (κ3) is 4.48. The van der Waals surface area contributed by atoms with E-state index in [0.717, 1.165) is 12.8 Å². The first-order valence-corrected chi connectivity index (χ1v) is 10.6. The van der Waals surface area contributed by atoms with Crippen molar-refractivity contribution < 1.29 is 0 Å². The van der Waals surface area contributed by atoms with Crippen LogP contribution in [0.1, 0.15) is 102 Å². The molecule has 148 valence electrons. The van der Waals surface area contributed by atoms with Crippen LogP contribution in [-0.2, 0) is 16.2 Å². The van der Waals surface area contributed by atoms with Crippen molar-refractivity contribution in [3.8, 4) is 0 Å². The average molecular weight is 365 g/mol. The summed E-state index contributed by atoms with van der Waals surface area (Å²) in [6.45, 7) is 23.2. The lowest BCUT2D eigenvalue weighted by molar-refractivity contribution is 0.500. The van der Waals surface area contributed by atoms with Crippen LogP contribution in [0.25, 0.3) is 0 Å². The van der Waals surface area contributed by atoms with E-state index in [1.807, 2.05) is 0 Å². The Hall–Kier alpha value is -1.56. The van der Waals surface area contributed by atoms with Gasteiger partial charge in [-0.3, -0.25) is 0 Å². The Kier molecular flexibility index (Phi) is 6.00. The number of rotatable bonds is 6. The molecular weight excluding hydrogens is 324 g/mol. The number of hydrogen-bond acceptors (Lipinski definition) is 0. The number of aryl methyl sites for hydroxylation is 2. The summed E-state index contributed by atoms with van der Waals surface area (Å²) in [7, 11) is 0. The fourth-order valence-electron chi connectivity index (χ4n) is 3.64. The first-order valence-electron chi connectivity index (χ1n) is 10.6. The van der Waals surface area contributed by atoms with Gasteiger partial charge in [-0.2, -0.15) is 0 Å². The van der Waals surface area contributed by atoms with Gasteiger partial charge in [0.2, 0.25) is 0 Å². The first kappa shape index (κ1) is 21.7. The molecule has 0 bridgehead atoms. The van der Waals surface area contributed by atoms with Gasteiger partial charge in [-0.25, -0.2) is 0 Å². The zero-order valence-corrected chi connectivity index (χ0v) is 19.4. The van der Waals surface area contributed by atoms with Crippen molar-refractivity contribution in [2.75, 3.05) is 0 Å². The van der Waals surface area contributed by atoms with Crippen molar-refractivity contribution in [2.45, 2.75) is 98.3 Å². The van der Waals surface area contributed by atoms with Crippen LogP contribution in [0.5, 0.6) is 0 Å². The molecule has 0 aliphatic rings. The van der Waals surface area contributed by atoms with Crippen molar-refractivity contribution in [1.29, 1.82) is 0 Å². The van der Waals surface area contributed by atoms with Gasteiger partial charge < -0.3 is 0 Å². The van der Waals surface area contributed by atoms with Gasteiger partial charge in [-0.05, 0) is 59.8 Å². The summed E-state index contributed by atoms with van der Waals surface area (Å²) in [4.78, 5) is 0. The Labute approximate surface area is 168 Å². The second kappa shape index (κ2) is 7.46. The van der Waals surface area contributed by atoms with Crippen LogP contribution in [-0.4, -0.2) is 0 Å². The molecule has 0 radical (unpaired) electrons. The van der Waals surface area contributed by atoms with Gasteiger partial charge in [0.05, 0.1) is 0 Å². The van der Waals surface area contributed by atoms with Crippen LogP contribution in [0, 0.1) is 13.8 Å². The summed E-state index contributed by atoms with van der Waals surface area (Å²) in [5.74, 6) is 0. The van der Waals surface area contributed by atoms with Crippen LogP contribution < -0.4 is 0 Å². The third-order valence-electron chi connectivity index (χ3n) is 6.93. The molecule has 0 fully saturated rings. The maximum absolute atomic E-state index is 2.45. The second-order valence-corrected chi connectivity index (χ2v) is 10.3. The molecule has 0 saturated carbocycles. The zero-order chi connectivity index (χ0) is 20.6. The van der Waals surface area contributed by atoms with Gasteiger partial charge in [-0.15, -0.1) is 0 Å². The van der Waals surface area contributed by atoms with E-state index in [0.29, 0.717) is 0 Å².